The average molecular weight is 417 g/mol. The molecule has 0 aliphatic carbocycles. The summed E-state index contributed by atoms with van der Waals surface area (Å²) in [6.45, 7) is 1.51. The Morgan fingerprint density at radius 3 is 2.30 bits per heavy atom. The first-order chi connectivity index (χ1) is 14.2. The molecule has 0 fully saturated rings. The molecule has 10 nitrogen and oxygen atoms in total. The average Bonchev–Trinajstić information content (AvgIpc) is 2.73. The third-order valence-electron chi connectivity index (χ3n) is 4.33. The van der Waals surface area contributed by atoms with Crippen molar-refractivity contribution < 1.29 is 23.9 Å². The van der Waals surface area contributed by atoms with E-state index in [1.54, 1.807) is 12.1 Å². The van der Waals surface area contributed by atoms with Crippen molar-refractivity contribution in [2.45, 2.75) is 32.5 Å². The van der Waals surface area contributed by atoms with Gasteiger partial charge in [0.2, 0.25) is 5.91 Å². The van der Waals surface area contributed by atoms with Crippen LogP contribution in [0.1, 0.15) is 17.5 Å². The van der Waals surface area contributed by atoms with Crippen molar-refractivity contribution in [1.29, 1.82) is 0 Å². The van der Waals surface area contributed by atoms with Gasteiger partial charge in [-0.15, -0.1) is 0 Å². The molecule has 1 aromatic carbocycles. The third kappa shape index (κ3) is 5.90. The Labute approximate surface area is 172 Å². The number of aromatic nitrogens is 2. The van der Waals surface area contributed by atoms with E-state index in [4.69, 9.17) is 0 Å². The van der Waals surface area contributed by atoms with E-state index in [1.165, 1.54) is 12.3 Å². The number of esters is 2. The predicted octanol–water partition coefficient (Wildman–Crippen LogP) is -0.412. The number of nitrogens with zero attached hydrogens (tertiary/aromatic N) is 2. The van der Waals surface area contributed by atoms with Crippen LogP contribution < -0.4 is 16.6 Å². The van der Waals surface area contributed by atoms with Crippen molar-refractivity contribution in [3.63, 3.8) is 0 Å². The van der Waals surface area contributed by atoms with Crippen molar-refractivity contribution >= 4 is 17.8 Å². The topological polar surface area (TPSA) is 126 Å². The molecule has 10 heteroatoms. The van der Waals surface area contributed by atoms with Crippen LogP contribution in [0.5, 0.6) is 0 Å². The summed E-state index contributed by atoms with van der Waals surface area (Å²) in [7, 11) is 2.26. The van der Waals surface area contributed by atoms with Gasteiger partial charge >= 0.3 is 17.6 Å². The highest BCUT2D eigenvalue weighted by Gasteiger charge is 2.25. The highest BCUT2D eigenvalue weighted by Crippen LogP contribution is 2.03. The lowest BCUT2D eigenvalue weighted by Crippen LogP contribution is -2.46. The monoisotopic (exact) mass is 417 g/mol. The fraction of sp³-hybridized carbons (Fsp3) is 0.350. The summed E-state index contributed by atoms with van der Waals surface area (Å²) in [5, 5.41) is 2.34. The van der Waals surface area contributed by atoms with E-state index in [0.29, 0.717) is 0 Å². The highest BCUT2D eigenvalue weighted by atomic mass is 16.5. The molecule has 1 aromatic heterocycles. The quantitative estimate of drug-likeness (QED) is 0.579. The molecular formula is C20H23N3O7. The van der Waals surface area contributed by atoms with Gasteiger partial charge in [0.05, 0.1) is 27.2 Å². The van der Waals surface area contributed by atoms with Crippen LogP contribution >= 0.6 is 0 Å². The predicted molar refractivity (Wildman–Crippen MR) is 106 cm³/mol. The Kier molecular flexibility index (Phi) is 7.68. The fourth-order valence-electron chi connectivity index (χ4n) is 2.68. The molecule has 0 spiro atoms. The van der Waals surface area contributed by atoms with Gasteiger partial charge in [0.15, 0.2) is 0 Å². The molecule has 2 rings (SSSR count). The number of hydrogen-bond acceptors (Lipinski definition) is 7. The van der Waals surface area contributed by atoms with Crippen LogP contribution in [0, 0.1) is 6.92 Å². The molecule has 1 N–H and O–H groups in total. The molecule has 1 heterocycles. The van der Waals surface area contributed by atoms with E-state index < -0.39 is 48.1 Å². The summed E-state index contributed by atoms with van der Waals surface area (Å²) in [4.78, 5) is 60.4. The summed E-state index contributed by atoms with van der Waals surface area (Å²) in [6.07, 6.45) is 0.778. The van der Waals surface area contributed by atoms with Crippen molar-refractivity contribution in [2.24, 2.45) is 0 Å². The molecule has 0 aliphatic heterocycles. The summed E-state index contributed by atoms with van der Waals surface area (Å²) < 4.78 is 11.1. The Hall–Kier alpha value is -3.69. The summed E-state index contributed by atoms with van der Waals surface area (Å²) >= 11 is 0. The van der Waals surface area contributed by atoms with E-state index in [0.717, 1.165) is 34.5 Å². The van der Waals surface area contributed by atoms with Gasteiger partial charge in [-0.2, -0.15) is 0 Å². The largest absolute Gasteiger partial charge is 0.469 e. The number of carbonyl (C=O) groups excluding carboxylic acids is 3. The van der Waals surface area contributed by atoms with Crippen molar-refractivity contribution in [1.82, 2.24) is 14.5 Å². The number of amides is 1. The summed E-state index contributed by atoms with van der Waals surface area (Å²) in [6, 6.07) is 7.25. The third-order valence-corrected chi connectivity index (χ3v) is 4.33. The molecule has 30 heavy (non-hydrogen) atoms. The van der Waals surface area contributed by atoms with Crippen LogP contribution in [0.2, 0.25) is 0 Å². The zero-order chi connectivity index (χ0) is 22.3. The maximum Gasteiger partial charge on any atom is 0.331 e. The molecule has 1 amide bonds. The second kappa shape index (κ2) is 10.2. The van der Waals surface area contributed by atoms with Gasteiger partial charge in [0, 0.05) is 12.3 Å². The Balaban J connectivity index is 2.19. The first-order valence-electron chi connectivity index (χ1n) is 9.05. The molecule has 0 aliphatic rings. The number of rotatable bonds is 8. The first-order valence-corrected chi connectivity index (χ1v) is 9.05. The van der Waals surface area contributed by atoms with Gasteiger partial charge in [0.25, 0.3) is 5.56 Å². The normalized spacial score (nSPS) is 11.4. The number of benzene rings is 1. The number of ether oxygens (including phenoxy) is 2. The van der Waals surface area contributed by atoms with Gasteiger partial charge in [-0.05, 0) is 12.5 Å². The first kappa shape index (κ1) is 22.6. The van der Waals surface area contributed by atoms with Crippen molar-refractivity contribution in [2.75, 3.05) is 14.2 Å². The van der Waals surface area contributed by atoms with Gasteiger partial charge in [0.1, 0.15) is 12.6 Å². The minimum Gasteiger partial charge on any atom is -0.469 e. The lowest BCUT2D eigenvalue weighted by Gasteiger charge is -2.16. The number of aryl methyl sites for hydroxylation is 1. The lowest BCUT2D eigenvalue weighted by atomic mass is 10.1. The van der Waals surface area contributed by atoms with Crippen LogP contribution in [0.25, 0.3) is 0 Å². The number of nitrogens with one attached hydrogen (secondary N) is 1. The molecule has 0 saturated heterocycles. The van der Waals surface area contributed by atoms with Crippen LogP contribution in [0.15, 0.2) is 46.1 Å². The molecule has 0 radical (unpaired) electrons. The summed E-state index contributed by atoms with van der Waals surface area (Å²) in [5.41, 5.74) is 0.613. The SMILES string of the molecule is COC(=O)C[C@H](NC(=O)Cn1ccc(=O)n(Cc2ccc(C)cc2)c1=O)C(=O)OC. The smallest absolute Gasteiger partial charge is 0.331 e. The maximum atomic E-state index is 12.7. The van der Waals surface area contributed by atoms with E-state index in [-0.39, 0.29) is 6.54 Å². The molecule has 2 aromatic rings. The van der Waals surface area contributed by atoms with Crippen molar-refractivity contribution in [3.8, 4) is 0 Å². The van der Waals surface area contributed by atoms with Crippen LogP contribution in [0.3, 0.4) is 0 Å². The minimum absolute atomic E-state index is 0.0491. The Morgan fingerprint density at radius 2 is 1.70 bits per heavy atom. The van der Waals surface area contributed by atoms with Gasteiger partial charge in [-0.1, -0.05) is 29.8 Å². The molecular weight excluding hydrogens is 394 g/mol. The van der Waals surface area contributed by atoms with Crippen molar-refractivity contribution in [3.05, 3.63) is 68.5 Å². The van der Waals surface area contributed by atoms with E-state index in [9.17, 15) is 24.0 Å². The molecule has 0 unspecified atom stereocenters. The van der Waals surface area contributed by atoms with Gasteiger partial charge < -0.3 is 14.8 Å². The van der Waals surface area contributed by atoms with Gasteiger partial charge in [-0.3, -0.25) is 23.5 Å². The number of methoxy groups -OCH3 is 2. The minimum atomic E-state index is -1.26. The number of hydrogen-bond donors (Lipinski definition) is 1. The highest BCUT2D eigenvalue weighted by molar-refractivity contribution is 5.87. The zero-order valence-corrected chi connectivity index (χ0v) is 16.9. The van der Waals surface area contributed by atoms with E-state index in [2.05, 4.69) is 14.8 Å². The van der Waals surface area contributed by atoms with Gasteiger partial charge in [-0.25, -0.2) is 9.59 Å². The second-order valence-electron chi connectivity index (χ2n) is 6.56. The second-order valence-corrected chi connectivity index (χ2v) is 6.56. The van der Waals surface area contributed by atoms with Crippen LogP contribution in [-0.4, -0.2) is 47.2 Å². The lowest BCUT2D eigenvalue weighted by molar-refractivity contribution is -0.150. The summed E-state index contributed by atoms with van der Waals surface area (Å²) in [5.74, 6) is -2.25. The van der Waals surface area contributed by atoms with E-state index in [1.807, 2.05) is 19.1 Å². The molecule has 0 bridgehead atoms. The Morgan fingerprint density at radius 1 is 1.03 bits per heavy atom. The fourth-order valence-corrected chi connectivity index (χ4v) is 2.68. The Bertz CT molecular complexity index is 1040. The standard InChI is InChI=1S/C20H23N3O7/c1-13-4-6-14(7-5-13)11-23-17(25)8-9-22(20(23)28)12-16(24)21-15(19(27)30-3)10-18(26)29-2/h4-9,15H,10-12H2,1-3H3,(H,21,24)/t15-/m0/s1. The molecule has 0 saturated carbocycles. The molecule has 160 valence electrons. The number of carbonyl (C=O) groups is 3. The van der Waals surface area contributed by atoms with Crippen LogP contribution in [0.4, 0.5) is 0 Å². The zero-order valence-electron chi connectivity index (χ0n) is 16.9. The van der Waals surface area contributed by atoms with Crippen LogP contribution in [-0.2, 0) is 36.9 Å². The maximum absolute atomic E-state index is 12.7. The van der Waals surface area contributed by atoms with E-state index >= 15 is 0 Å². The molecule has 1 atom stereocenters.